The number of unbranched alkanes of at least 4 members (excludes halogenated alkanes) is 1. The molecule has 0 spiro atoms. The number of hydrogen-bond donors (Lipinski definition) is 1. The number of benzene rings is 1. The zero-order chi connectivity index (χ0) is 12.5. The van der Waals surface area contributed by atoms with Gasteiger partial charge in [0.25, 0.3) is 0 Å². The van der Waals surface area contributed by atoms with E-state index in [4.69, 9.17) is 0 Å². The van der Waals surface area contributed by atoms with Gasteiger partial charge in [0.05, 0.1) is 0 Å². The van der Waals surface area contributed by atoms with Crippen LogP contribution in [0.25, 0.3) is 0 Å². The van der Waals surface area contributed by atoms with Gasteiger partial charge in [0, 0.05) is 4.47 Å². The molecule has 2 heteroatoms. The predicted molar refractivity (Wildman–Crippen MR) is 79.4 cm³/mol. The van der Waals surface area contributed by atoms with Crippen molar-refractivity contribution in [2.45, 2.75) is 39.5 Å². The molecule has 0 aliphatic rings. The summed E-state index contributed by atoms with van der Waals surface area (Å²) in [4.78, 5) is 0. The first kappa shape index (κ1) is 14.7. The summed E-state index contributed by atoms with van der Waals surface area (Å²) in [5, 5.41) is 3.48. The molecule has 1 unspecified atom stereocenters. The molecule has 0 amide bonds. The van der Waals surface area contributed by atoms with Crippen molar-refractivity contribution < 1.29 is 0 Å². The number of nitrogens with one attached hydrogen (secondary N) is 1. The molecule has 1 atom stereocenters. The van der Waals surface area contributed by atoms with E-state index in [0.717, 1.165) is 19.0 Å². The third kappa shape index (κ3) is 6.23. The highest BCUT2D eigenvalue weighted by Crippen LogP contribution is 2.18. The van der Waals surface area contributed by atoms with Crippen LogP contribution in [0.4, 0.5) is 0 Å². The molecular formula is C15H24BrN. The molecule has 0 heterocycles. The molecule has 1 rings (SSSR count). The highest BCUT2D eigenvalue weighted by molar-refractivity contribution is 9.10. The Morgan fingerprint density at radius 3 is 2.76 bits per heavy atom. The minimum absolute atomic E-state index is 0.768. The molecule has 0 bridgehead atoms. The lowest BCUT2D eigenvalue weighted by atomic mass is 9.94. The van der Waals surface area contributed by atoms with Crippen LogP contribution in [0.1, 0.15) is 38.7 Å². The lowest BCUT2D eigenvalue weighted by Gasteiger charge is -2.17. The molecule has 0 aromatic heterocycles. The van der Waals surface area contributed by atoms with Gasteiger partial charge in [-0.15, -0.1) is 0 Å². The van der Waals surface area contributed by atoms with Crippen LogP contribution in [0.5, 0.6) is 0 Å². The lowest BCUT2D eigenvalue weighted by molar-refractivity contribution is 0.434. The van der Waals surface area contributed by atoms with E-state index < -0.39 is 0 Å². The first-order valence-corrected chi connectivity index (χ1v) is 7.50. The summed E-state index contributed by atoms with van der Waals surface area (Å²) in [7, 11) is 0. The molecule has 0 aliphatic carbocycles. The van der Waals surface area contributed by atoms with Crippen molar-refractivity contribution in [2.24, 2.45) is 5.92 Å². The van der Waals surface area contributed by atoms with Crippen LogP contribution in [-0.4, -0.2) is 13.1 Å². The molecular weight excluding hydrogens is 274 g/mol. The summed E-state index contributed by atoms with van der Waals surface area (Å²) < 4.78 is 1.19. The molecule has 17 heavy (non-hydrogen) atoms. The normalized spacial score (nSPS) is 12.6. The maximum absolute atomic E-state index is 3.54. The maximum atomic E-state index is 3.54. The average molecular weight is 298 g/mol. The molecule has 0 radical (unpaired) electrons. The van der Waals surface area contributed by atoms with Gasteiger partial charge in [-0.1, -0.05) is 54.8 Å². The summed E-state index contributed by atoms with van der Waals surface area (Å²) >= 11 is 3.54. The van der Waals surface area contributed by atoms with Gasteiger partial charge in [0.2, 0.25) is 0 Å². The Morgan fingerprint density at radius 2 is 2.12 bits per heavy atom. The molecule has 1 N–H and O–H groups in total. The molecule has 96 valence electrons. The van der Waals surface area contributed by atoms with Crippen molar-refractivity contribution in [1.29, 1.82) is 0 Å². The van der Waals surface area contributed by atoms with E-state index >= 15 is 0 Å². The van der Waals surface area contributed by atoms with Gasteiger partial charge in [0.1, 0.15) is 0 Å². The Morgan fingerprint density at radius 1 is 1.29 bits per heavy atom. The fourth-order valence-corrected chi connectivity index (χ4v) is 2.56. The maximum Gasteiger partial charge on any atom is 0.0177 e. The largest absolute Gasteiger partial charge is 0.317 e. The van der Waals surface area contributed by atoms with E-state index in [2.05, 4.69) is 59.4 Å². The summed E-state index contributed by atoms with van der Waals surface area (Å²) in [5.41, 5.74) is 1.44. The van der Waals surface area contributed by atoms with E-state index in [1.54, 1.807) is 0 Å². The van der Waals surface area contributed by atoms with Crippen LogP contribution in [-0.2, 0) is 6.42 Å². The van der Waals surface area contributed by atoms with Gasteiger partial charge < -0.3 is 5.32 Å². The predicted octanol–water partition coefficient (Wildman–Crippen LogP) is 4.41. The van der Waals surface area contributed by atoms with Crippen molar-refractivity contribution in [3.63, 3.8) is 0 Å². The fourth-order valence-electron chi connectivity index (χ4n) is 2.11. The van der Waals surface area contributed by atoms with Gasteiger partial charge in [-0.3, -0.25) is 0 Å². The average Bonchev–Trinajstić information content (AvgIpc) is 2.32. The molecule has 1 nitrogen and oxygen atoms in total. The van der Waals surface area contributed by atoms with Crippen molar-refractivity contribution in [2.75, 3.05) is 13.1 Å². The van der Waals surface area contributed by atoms with Crippen LogP contribution in [0.2, 0.25) is 0 Å². The third-order valence-electron chi connectivity index (χ3n) is 3.06. The van der Waals surface area contributed by atoms with E-state index in [-0.39, 0.29) is 0 Å². The van der Waals surface area contributed by atoms with Gasteiger partial charge in [0.15, 0.2) is 0 Å². The smallest absolute Gasteiger partial charge is 0.0177 e. The summed E-state index contributed by atoms with van der Waals surface area (Å²) in [6.07, 6.45) is 5.15. The second kappa shape index (κ2) is 8.71. The second-order valence-corrected chi connectivity index (χ2v) is 5.57. The number of halogens is 1. The van der Waals surface area contributed by atoms with Crippen LogP contribution >= 0.6 is 15.9 Å². The molecule has 0 saturated heterocycles. The summed E-state index contributed by atoms with van der Waals surface area (Å²) in [6.45, 7) is 6.66. The van der Waals surface area contributed by atoms with Crippen molar-refractivity contribution >= 4 is 15.9 Å². The first-order valence-electron chi connectivity index (χ1n) is 6.71. The highest BCUT2D eigenvalue weighted by atomic mass is 79.9. The van der Waals surface area contributed by atoms with Crippen molar-refractivity contribution in [3.8, 4) is 0 Å². The van der Waals surface area contributed by atoms with Gasteiger partial charge in [-0.25, -0.2) is 0 Å². The number of hydrogen-bond acceptors (Lipinski definition) is 1. The zero-order valence-electron chi connectivity index (χ0n) is 11.0. The van der Waals surface area contributed by atoms with Crippen LogP contribution in [0.15, 0.2) is 28.7 Å². The van der Waals surface area contributed by atoms with Crippen LogP contribution < -0.4 is 5.32 Å². The number of rotatable bonds is 8. The molecule has 0 aliphatic heterocycles. The van der Waals surface area contributed by atoms with E-state index in [0.29, 0.717) is 0 Å². The highest BCUT2D eigenvalue weighted by Gasteiger charge is 2.09. The van der Waals surface area contributed by atoms with Crippen LogP contribution in [0.3, 0.4) is 0 Å². The lowest BCUT2D eigenvalue weighted by Crippen LogP contribution is -2.24. The van der Waals surface area contributed by atoms with Crippen molar-refractivity contribution in [3.05, 3.63) is 34.3 Å². The standard InChI is InChI=1S/C15H24BrN/c1-3-5-7-14(12-17-4-2)10-13-8-6-9-15(16)11-13/h6,8-9,11,14,17H,3-5,7,10,12H2,1-2H3. The minimum atomic E-state index is 0.768. The van der Waals surface area contributed by atoms with Gasteiger partial charge >= 0.3 is 0 Å². The van der Waals surface area contributed by atoms with Crippen LogP contribution in [0, 0.1) is 5.92 Å². The molecule has 0 fully saturated rings. The molecule has 1 aromatic rings. The monoisotopic (exact) mass is 297 g/mol. The Hall–Kier alpha value is -0.340. The van der Waals surface area contributed by atoms with E-state index in [1.807, 2.05) is 0 Å². The Labute approximate surface area is 114 Å². The van der Waals surface area contributed by atoms with Gasteiger partial charge in [-0.05, 0) is 49.5 Å². The fraction of sp³-hybridized carbons (Fsp3) is 0.600. The Bertz CT molecular complexity index is 304. The molecule has 1 aromatic carbocycles. The first-order chi connectivity index (χ1) is 8.26. The van der Waals surface area contributed by atoms with Crippen molar-refractivity contribution in [1.82, 2.24) is 5.32 Å². The molecule has 0 saturated carbocycles. The third-order valence-corrected chi connectivity index (χ3v) is 3.56. The summed E-state index contributed by atoms with van der Waals surface area (Å²) in [6, 6.07) is 8.69. The SMILES string of the molecule is CCCCC(CNCC)Cc1cccc(Br)c1. The zero-order valence-corrected chi connectivity index (χ0v) is 12.6. The quantitative estimate of drug-likeness (QED) is 0.749. The topological polar surface area (TPSA) is 12.0 Å². The Kier molecular flexibility index (Phi) is 7.54. The van der Waals surface area contributed by atoms with Gasteiger partial charge in [-0.2, -0.15) is 0 Å². The van der Waals surface area contributed by atoms with E-state index in [9.17, 15) is 0 Å². The Balaban J connectivity index is 2.51. The van der Waals surface area contributed by atoms with E-state index in [1.165, 1.54) is 35.7 Å². The summed E-state index contributed by atoms with van der Waals surface area (Å²) in [5.74, 6) is 0.768. The second-order valence-electron chi connectivity index (χ2n) is 4.65. The minimum Gasteiger partial charge on any atom is -0.317 e.